The fraction of sp³-hybridized carbons (Fsp3) is 0.455. The van der Waals surface area contributed by atoms with E-state index >= 15 is 0 Å². The van der Waals surface area contributed by atoms with Crippen LogP contribution in [0.3, 0.4) is 0 Å². The molecule has 30 heavy (non-hydrogen) atoms. The molecule has 2 fully saturated rings. The van der Waals surface area contributed by atoms with E-state index in [-0.39, 0.29) is 36.6 Å². The number of imide groups is 1. The molecular formula is C22H25N3O4S. The lowest BCUT2D eigenvalue weighted by Gasteiger charge is -2.37. The predicted molar refractivity (Wildman–Crippen MR) is 112 cm³/mol. The second-order valence-corrected chi connectivity index (χ2v) is 8.79. The van der Waals surface area contributed by atoms with E-state index in [9.17, 15) is 14.4 Å². The largest absolute Gasteiger partial charge is 0.496 e. The Morgan fingerprint density at radius 3 is 2.77 bits per heavy atom. The predicted octanol–water partition coefficient (Wildman–Crippen LogP) is 2.92. The van der Waals surface area contributed by atoms with E-state index in [2.05, 4.69) is 4.98 Å². The fourth-order valence-corrected chi connectivity index (χ4v) is 5.40. The highest BCUT2D eigenvalue weighted by molar-refractivity contribution is 7.09. The SMILES string of the molecule is COc1ccccc1C1(CC(=O)N2CCCCC2c2nccs2)CC(=O)N(C)C1=O. The zero-order valence-corrected chi connectivity index (χ0v) is 18.0. The highest BCUT2D eigenvalue weighted by Gasteiger charge is 2.54. The number of aromatic nitrogens is 1. The Bertz CT molecular complexity index is 961. The number of rotatable bonds is 5. The molecule has 2 atom stereocenters. The van der Waals surface area contributed by atoms with Gasteiger partial charge < -0.3 is 9.64 Å². The molecule has 8 heteroatoms. The van der Waals surface area contributed by atoms with Crippen LogP contribution in [0.5, 0.6) is 5.75 Å². The summed E-state index contributed by atoms with van der Waals surface area (Å²) < 4.78 is 5.49. The maximum absolute atomic E-state index is 13.6. The van der Waals surface area contributed by atoms with E-state index in [0.29, 0.717) is 17.9 Å². The van der Waals surface area contributed by atoms with Gasteiger partial charge in [-0.15, -0.1) is 11.3 Å². The number of likely N-dealkylation sites (N-methyl/N-ethyl adjacent to an activating group) is 1. The van der Waals surface area contributed by atoms with Crippen LogP contribution in [-0.2, 0) is 19.8 Å². The number of methoxy groups -OCH3 is 1. The van der Waals surface area contributed by atoms with Gasteiger partial charge in [-0.1, -0.05) is 18.2 Å². The molecule has 2 aliphatic heterocycles. The summed E-state index contributed by atoms with van der Waals surface area (Å²) in [5.74, 6) is -0.254. The summed E-state index contributed by atoms with van der Waals surface area (Å²) in [6, 6.07) is 7.08. The van der Waals surface area contributed by atoms with Crippen molar-refractivity contribution in [3.05, 3.63) is 46.4 Å². The number of nitrogens with zero attached hydrogens (tertiary/aromatic N) is 3. The van der Waals surface area contributed by atoms with Crippen molar-refractivity contribution in [3.63, 3.8) is 0 Å². The zero-order chi connectivity index (χ0) is 21.3. The Balaban J connectivity index is 1.71. The average Bonchev–Trinajstić information content (AvgIpc) is 3.38. The summed E-state index contributed by atoms with van der Waals surface area (Å²) in [5, 5.41) is 2.83. The molecule has 0 bridgehead atoms. The summed E-state index contributed by atoms with van der Waals surface area (Å²) >= 11 is 1.54. The van der Waals surface area contributed by atoms with Gasteiger partial charge in [0.1, 0.15) is 10.8 Å². The van der Waals surface area contributed by atoms with Gasteiger partial charge >= 0.3 is 0 Å². The van der Waals surface area contributed by atoms with Crippen molar-refractivity contribution in [2.75, 3.05) is 20.7 Å². The third-order valence-corrected chi connectivity index (χ3v) is 7.05. The van der Waals surface area contributed by atoms with Gasteiger partial charge in [-0.3, -0.25) is 19.3 Å². The molecule has 2 unspecified atom stereocenters. The minimum Gasteiger partial charge on any atom is -0.496 e. The number of hydrogen-bond acceptors (Lipinski definition) is 6. The van der Waals surface area contributed by atoms with Crippen molar-refractivity contribution in [1.82, 2.24) is 14.8 Å². The third kappa shape index (κ3) is 3.39. The fourth-order valence-electron chi connectivity index (χ4n) is 4.62. The van der Waals surface area contributed by atoms with E-state index in [1.165, 1.54) is 14.2 Å². The summed E-state index contributed by atoms with van der Waals surface area (Å²) in [4.78, 5) is 46.8. The lowest BCUT2D eigenvalue weighted by molar-refractivity contribution is -0.143. The molecule has 4 rings (SSSR count). The first-order valence-electron chi connectivity index (χ1n) is 10.1. The van der Waals surface area contributed by atoms with Crippen LogP contribution in [0.4, 0.5) is 0 Å². The van der Waals surface area contributed by atoms with Crippen LogP contribution in [0.25, 0.3) is 0 Å². The van der Waals surface area contributed by atoms with Crippen molar-refractivity contribution in [1.29, 1.82) is 0 Å². The molecule has 0 aliphatic carbocycles. The third-order valence-electron chi connectivity index (χ3n) is 6.18. The molecule has 1 aromatic carbocycles. The number of carbonyl (C=O) groups is 3. The number of likely N-dealkylation sites (tertiary alicyclic amines) is 2. The topological polar surface area (TPSA) is 79.8 Å². The van der Waals surface area contributed by atoms with Gasteiger partial charge in [0.2, 0.25) is 17.7 Å². The van der Waals surface area contributed by atoms with Gasteiger partial charge in [-0.2, -0.15) is 0 Å². The second kappa shape index (κ2) is 8.18. The van der Waals surface area contributed by atoms with E-state index in [1.54, 1.807) is 35.7 Å². The first-order chi connectivity index (χ1) is 14.5. The maximum Gasteiger partial charge on any atom is 0.240 e. The lowest BCUT2D eigenvalue weighted by Crippen LogP contribution is -2.45. The van der Waals surface area contributed by atoms with E-state index in [1.807, 2.05) is 16.3 Å². The Morgan fingerprint density at radius 2 is 2.10 bits per heavy atom. The lowest BCUT2D eigenvalue weighted by atomic mass is 9.75. The number of benzene rings is 1. The number of amides is 3. The van der Waals surface area contributed by atoms with E-state index in [0.717, 1.165) is 29.2 Å². The van der Waals surface area contributed by atoms with E-state index in [4.69, 9.17) is 4.74 Å². The van der Waals surface area contributed by atoms with Gasteiger partial charge in [-0.25, -0.2) is 4.98 Å². The normalized spacial score (nSPS) is 24.4. The summed E-state index contributed by atoms with van der Waals surface area (Å²) in [6.07, 6.45) is 4.46. The minimum atomic E-state index is -1.25. The highest BCUT2D eigenvalue weighted by Crippen LogP contribution is 2.44. The molecule has 0 saturated carbocycles. The minimum absolute atomic E-state index is 0.0375. The second-order valence-electron chi connectivity index (χ2n) is 7.86. The first kappa shape index (κ1) is 20.5. The quantitative estimate of drug-likeness (QED) is 0.686. The van der Waals surface area contributed by atoms with Crippen molar-refractivity contribution < 1.29 is 19.1 Å². The van der Waals surface area contributed by atoms with Crippen LogP contribution in [0, 0.1) is 0 Å². The van der Waals surface area contributed by atoms with Gasteiger partial charge in [0.05, 0.1) is 18.6 Å². The molecular weight excluding hydrogens is 402 g/mol. The Kier molecular flexibility index (Phi) is 5.60. The zero-order valence-electron chi connectivity index (χ0n) is 17.2. The summed E-state index contributed by atoms with van der Waals surface area (Å²) in [7, 11) is 3.01. The van der Waals surface area contributed by atoms with Crippen LogP contribution in [0.15, 0.2) is 35.8 Å². The Labute approximate surface area is 179 Å². The Morgan fingerprint density at radius 1 is 1.30 bits per heavy atom. The number of hydrogen-bond donors (Lipinski definition) is 0. The monoisotopic (exact) mass is 427 g/mol. The van der Waals surface area contributed by atoms with Crippen molar-refractivity contribution in [2.45, 2.75) is 43.6 Å². The average molecular weight is 428 g/mol. The number of para-hydroxylation sites is 1. The highest BCUT2D eigenvalue weighted by atomic mass is 32.1. The van der Waals surface area contributed by atoms with Crippen LogP contribution in [0.1, 0.15) is 48.7 Å². The van der Waals surface area contributed by atoms with Gasteiger partial charge in [0, 0.05) is 43.6 Å². The van der Waals surface area contributed by atoms with E-state index < -0.39 is 5.41 Å². The molecule has 2 saturated heterocycles. The molecule has 0 N–H and O–H groups in total. The van der Waals surface area contributed by atoms with Crippen molar-refractivity contribution in [2.24, 2.45) is 0 Å². The molecule has 0 radical (unpaired) electrons. The van der Waals surface area contributed by atoms with Gasteiger partial charge in [0.15, 0.2) is 0 Å². The van der Waals surface area contributed by atoms with Crippen molar-refractivity contribution in [3.8, 4) is 5.75 Å². The number of piperidine rings is 1. The summed E-state index contributed by atoms with van der Waals surface area (Å²) in [5.41, 5.74) is -0.660. The maximum atomic E-state index is 13.6. The molecule has 0 spiro atoms. The van der Waals surface area contributed by atoms with Gasteiger partial charge in [0.25, 0.3) is 0 Å². The number of carbonyl (C=O) groups excluding carboxylic acids is 3. The molecule has 7 nitrogen and oxygen atoms in total. The van der Waals surface area contributed by atoms with Gasteiger partial charge in [-0.05, 0) is 25.3 Å². The number of ether oxygens (including phenoxy) is 1. The smallest absolute Gasteiger partial charge is 0.240 e. The van der Waals surface area contributed by atoms with Crippen LogP contribution < -0.4 is 4.74 Å². The first-order valence-corrected chi connectivity index (χ1v) is 11.0. The van der Waals surface area contributed by atoms with Crippen LogP contribution in [-0.4, -0.2) is 53.2 Å². The molecule has 2 aromatic rings. The van der Waals surface area contributed by atoms with Crippen LogP contribution in [0.2, 0.25) is 0 Å². The summed E-state index contributed by atoms with van der Waals surface area (Å²) in [6.45, 7) is 0.628. The standard InChI is InChI=1S/C22H25N3O4S/c1-24-18(26)13-22(21(24)28,15-7-3-4-9-17(15)29-2)14-19(27)25-11-6-5-8-16(25)20-23-10-12-30-20/h3-4,7,9-10,12,16H,5-6,8,11,13-14H2,1-2H3. The molecule has 3 amide bonds. The van der Waals surface area contributed by atoms with Crippen LogP contribution >= 0.6 is 11.3 Å². The molecule has 1 aromatic heterocycles. The number of thiazole rings is 1. The molecule has 158 valence electrons. The molecule has 3 heterocycles. The van der Waals surface area contributed by atoms with Crippen molar-refractivity contribution >= 4 is 29.1 Å². The molecule has 2 aliphatic rings. The Hall–Kier alpha value is -2.74.